The third-order valence-electron chi connectivity index (χ3n) is 5.77. The van der Waals surface area contributed by atoms with E-state index in [4.69, 9.17) is 9.47 Å². The summed E-state index contributed by atoms with van der Waals surface area (Å²) in [5.41, 5.74) is 3.50. The van der Waals surface area contributed by atoms with Crippen LogP contribution in [0, 0.1) is 0 Å². The van der Waals surface area contributed by atoms with E-state index < -0.39 is 0 Å². The summed E-state index contributed by atoms with van der Waals surface area (Å²) < 4.78 is 14.5. The van der Waals surface area contributed by atoms with Gasteiger partial charge in [-0.15, -0.1) is 0 Å². The van der Waals surface area contributed by atoms with Crippen LogP contribution in [-0.4, -0.2) is 29.7 Å². The predicted molar refractivity (Wildman–Crippen MR) is 105 cm³/mol. The number of fused-ring (bicyclic) bond motifs is 3. The standard InChI is InChI=1S/C23H24N2O2/c1-26-20-9-10-21-19(14-20)16-25-12-5-8-22(25)23(27-21)11-13-24(17-23)15-18-6-3-2-4-7-18/h2-10,12,14H,11,13,15-17H2,1H3. The molecular weight excluding hydrogens is 336 g/mol. The van der Waals surface area contributed by atoms with Crippen LogP contribution in [0.1, 0.15) is 23.2 Å². The molecule has 3 heterocycles. The molecule has 5 rings (SSSR count). The van der Waals surface area contributed by atoms with Crippen LogP contribution in [0.3, 0.4) is 0 Å². The Labute approximate surface area is 159 Å². The molecule has 0 amide bonds. The van der Waals surface area contributed by atoms with Gasteiger partial charge in [0, 0.05) is 37.8 Å². The van der Waals surface area contributed by atoms with Crippen molar-refractivity contribution in [1.29, 1.82) is 0 Å². The molecule has 0 aliphatic carbocycles. The fourth-order valence-corrected chi connectivity index (χ4v) is 4.44. The fourth-order valence-electron chi connectivity index (χ4n) is 4.44. The topological polar surface area (TPSA) is 26.6 Å². The van der Waals surface area contributed by atoms with Gasteiger partial charge in [0.15, 0.2) is 5.60 Å². The Morgan fingerprint density at radius 2 is 1.96 bits per heavy atom. The van der Waals surface area contributed by atoms with Gasteiger partial charge in [0.05, 0.1) is 19.3 Å². The molecule has 4 heteroatoms. The second kappa shape index (κ2) is 6.46. The first-order valence-corrected chi connectivity index (χ1v) is 9.54. The molecule has 1 spiro atoms. The van der Waals surface area contributed by atoms with Gasteiger partial charge < -0.3 is 14.0 Å². The van der Waals surface area contributed by atoms with Crippen LogP contribution in [0.4, 0.5) is 0 Å². The van der Waals surface area contributed by atoms with Crippen molar-refractivity contribution in [2.75, 3.05) is 20.2 Å². The number of rotatable bonds is 3. The zero-order valence-electron chi connectivity index (χ0n) is 15.6. The van der Waals surface area contributed by atoms with E-state index in [1.807, 2.05) is 6.07 Å². The molecule has 4 nitrogen and oxygen atoms in total. The number of hydrogen-bond acceptors (Lipinski definition) is 3. The Hall–Kier alpha value is -2.72. The summed E-state index contributed by atoms with van der Waals surface area (Å²) >= 11 is 0. The quantitative estimate of drug-likeness (QED) is 0.705. The van der Waals surface area contributed by atoms with Crippen LogP contribution >= 0.6 is 0 Å². The van der Waals surface area contributed by atoms with Gasteiger partial charge in [-0.2, -0.15) is 0 Å². The van der Waals surface area contributed by atoms with E-state index in [2.05, 4.69) is 70.3 Å². The van der Waals surface area contributed by atoms with Gasteiger partial charge in [0.25, 0.3) is 0 Å². The number of ether oxygens (including phenoxy) is 2. The SMILES string of the molecule is COc1ccc2c(c1)Cn1cccc1C1(CCN(Cc3ccccc3)C1)O2. The van der Waals surface area contributed by atoms with Gasteiger partial charge in [-0.05, 0) is 35.9 Å². The molecule has 0 N–H and O–H groups in total. The monoisotopic (exact) mass is 360 g/mol. The summed E-state index contributed by atoms with van der Waals surface area (Å²) in [6.45, 7) is 3.71. The fraction of sp³-hybridized carbons (Fsp3) is 0.304. The van der Waals surface area contributed by atoms with Crippen LogP contribution < -0.4 is 9.47 Å². The molecule has 0 bridgehead atoms. The molecule has 1 fully saturated rings. The van der Waals surface area contributed by atoms with E-state index in [1.54, 1.807) is 7.11 Å². The van der Waals surface area contributed by atoms with Crippen LogP contribution in [0.25, 0.3) is 0 Å². The first-order valence-electron chi connectivity index (χ1n) is 9.54. The summed E-state index contributed by atoms with van der Waals surface area (Å²) in [5.74, 6) is 1.85. The Morgan fingerprint density at radius 1 is 1.07 bits per heavy atom. The number of methoxy groups -OCH3 is 1. The normalized spacial score (nSPS) is 21.4. The Kier molecular flexibility index (Phi) is 3.94. The first kappa shape index (κ1) is 16.5. The van der Waals surface area contributed by atoms with Crippen molar-refractivity contribution in [3.8, 4) is 11.5 Å². The lowest BCUT2D eigenvalue weighted by Gasteiger charge is -2.30. The molecule has 2 aliphatic rings. The highest BCUT2D eigenvalue weighted by atomic mass is 16.5. The number of likely N-dealkylation sites (tertiary alicyclic amines) is 1. The highest BCUT2D eigenvalue weighted by molar-refractivity contribution is 5.43. The lowest BCUT2D eigenvalue weighted by atomic mass is 9.98. The minimum absolute atomic E-state index is 0.294. The molecule has 2 aliphatic heterocycles. The molecule has 138 valence electrons. The van der Waals surface area contributed by atoms with Gasteiger partial charge in [-0.3, -0.25) is 4.90 Å². The molecule has 1 unspecified atom stereocenters. The molecule has 27 heavy (non-hydrogen) atoms. The van der Waals surface area contributed by atoms with E-state index >= 15 is 0 Å². The maximum Gasteiger partial charge on any atom is 0.162 e. The zero-order chi connectivity index (χ0) is 18.3. The Balaban J connectivity index is 1.48. The van der Waals surface area contributed by atoms with Crippen LogP contribution in [0.5, 0.6) is 11.5 Å². The average Bonchev–Trinajstić information content (AvgIpc) is 3.29. The largest absolute Gasteiger partial charge is 0.497 e. The van der Waals surface area contributed by atoms with Crippen molar-refractivity contribution in [3.05, 3.63) is 83.7 Å². The molecule has 0 saturated carbocycles. The number of aromatic nitrogens is 1. The molecule has 3 aromatic rings. The van der Waals surface area contributed by atoms with Crippen molar-refractivity contribution in [2.24, 2.45) is 0 Å². The third kappa shape index (κ3) is 2.90. The van der Waals surface area contributed by atoms with Crippen molar-refractivity contribution >= 4 is 0 Å². The van der Waals surface area contributed by atoms with E-state index in [0.717, 1.165) is 44.1 Å². The van der Waals surface area contributed by atoms with E-state index in [-0.39, 0.29) is 5.60 Å². The first-order chi connectivity index (χ1) is 13.3. The Morgan fingerprint density at radius 3 is 2.81 bits per heavy atom. The zero-order valence-corrected chi connectivity index (χ0v) is 15.6. The summed E-state index contributed by atoms with van der Waals surface area (Å²) in [6.07, 6.45) is 3.16. The molecule has 1 saturated heterocycles. The second-order valence-corrected chi connectivity index (χ2v) is 7.54. The van der Waals surface area contributed by atoms with Crippen LogP contribution in [-0.2, 0) is 18.7 Å². The summed E-state index contributed by atoms with van der Waals surface area (Å²) in [5, 5.41) is 0. The summed E-state index contributed by atoms with van der Waals surface area (Å²) in [7, 11) is 1.71. The predicted octanol–water partition coefficient (Wildman–Crippen LogP) is 4.04. The van der Waals surface area contributed by atoms with E-state index in [1.165, 1.54) is 16.8 Å². The van der Waals surface area contributed by atoms with E-state index in [9.17, 15) is 0 Å². The van der Waals surface area contributed by atoms with Crippen LogP contribution in [0.15, 0.2) is 66.9 Å². The number of nitrogens with zero attached hydrogens (tertiary/aromatic N) is 2. The smallest absolute Gasteiger partial charge is 0.162 e. The van der Waals surface area contributed by atoms with Gasteiger partial charge in [0.2, 0.25) is 0 Å². The van der Waals surface area contributed by atoms with Crippen LogP contribution in [0.2, 0.25) is 0 Å². The van der Waals surface area contributed by atoms with Gasteiger partial charge >= 0.3 is 0 Å². The molecule has 1 atom stereocenters. The molecule has 2 aromatic carbocycles. The second-order valence-electron chi connectivity index (χ2n) is 7.54. The van der Waals surface area contributed by atoms with Crippen molar-refractivity contribution in [1.82, 2.24) is 9.47 Å². The Bertz CT molecular complexity index is 950. The molecular formula is C23H24N2O2. The van der Waals surface area contributed by atoms with Crippen molar-refractivity contribution in [2.45, 2.75) is 25.1 Å². The van der Waals surface area contributed by atoms with Crippen molar-refractivity contribution in [3.63, 3.8) is 0 Å². The molecule has 0 radical (unpaired) electrons. The minimum Gasteiger partial charge on any atom is -0.497 e. The number of hydrogen-bond donors (Lipinski definition) is 0. The van der Waals surface area contributed by atoms with Gasteiger partial charge in [0.1, 0.15) is 11.5 Å². The maximum absolute atomic E-state index is 6.74. The number of benzene rings is 2. The third-order valence-corrected chi connectivity index (χ3v) is 5.77. The summed E-state index contributed by atoms with van der Waals surface area (Å²) in [4.78, 5) is 2.50. The highest BCUT2D eigenvalue weighted by Gasteiger charge is 2.45. The maximum atomic E-state index is 6.74. The lowest BCUT2D eigenvalue weighted by Crippen LogP contribution is -2.37. The molecule has 1 aromatic heterocycles. The van der Waals surface area contributed by atoms with E-state index in [0.29, 0.717) is 0 Å². The average molecular weight is 360 g/mol. The van der Waals surface area contributed by atoms with Gasteiger partial charge in [-0.1, -0.05) is 30.3 Å². The van der Waals surface area contributed by atoms with Crippen molar-refractivity contribution < 1.29 is 9.47 Å². The highest BCUT2D eigenvalue weighted by Crippen LogP contribution is 2.42. The van der Waals surface area contributed by atoms with Gasteiger partial charge in [-0.25, -0.2) is 0 Å². The summed E-state index contributed by atoms with van der Waals surface area (Å²) in [6, 6.07) is 21.2. The lowest BCUT2D eigenvalue weighted by molar-refractivity contribution is 0.0694. The minimum atomic E-state index is -0.294.